The van der Waals surface area contributed by atoms with Crippen molar-refractivity contribution in [3.63, 3.8) is 0 Å². The average molecular weight is 386 g/mol. The maximum atomic E-state index is 12.7. The molecule has 9 heteroatoms. The number of fused-ring (bicyclic) bond motifs is 3. The van der Waals surface area contributed by atoms with Gasteiger partial charge in [-0.3, -0.25) is 9.38 Å². The number of nitrogens with zero attached hydrogens (tertiary/aromatic N) is 5. The van der Waals surface area contributed by atoms with Crippen LogP contribution in [0.15, 0.2) is 36.8 Å². The van der Waals surface area contributed by atoms with Gasteiger partial charge in [-0.15, -0.1) is 10.2 Å². The SMILES string of the molecule is FC(F)(F)c1ccc(C[C@H]2CC[C@@H](c3nnc4cnc5[nH]ccc5n34)C2)nc1. The van der Waals surface area contributed by atoms with E-state index < -0.39 is 11.7 Å². The highest BCUT2D eigenvalue weighted by molar-refractivity contribution is 5.74. The fourth-order valence-corrected chi connectivity index (χ4v) is 4.17. The molecular weight excluding hydrogens is 369 g/mol. The van der Waals surface area contributed by atoms with E-state index in [1.54, 1.807) is 6.20 Å². The third-order valence-corrected chi connectivity index (χ3v) is 5.52. The number of aromatic amines is 1. The molecule has 1 aliphatic rings. The Labute approximate surface area is 157 Å². The van der Waals surface area contributed by atoms with Crippen LogP contribution < -0.4 is 0 Å². The van der Waals surface area contributed by atoms with Crippen molar-refractivity contribution in [2.45, 2.75) is 37.8 Å². The first-order valence-electron chi connectivity index (χ1n) is 9.18. The van der Waals surface area contributed by atoms with Crippen LogP contribution in [0.25, 0.3) is 16.8 Å². The Morgan fingerprint density at radius 2 is 1.96 bits per heavy atom. The Balaban J connectivity index is 1.35. The van der Waals surface area contributed by atoms with E-state index in [-0.39, 0.29) is 5.92 Å². The molecule has 0 spiro atoms. The number of pyridine rings is 1. The molecule has 4 aromatic heterocycles. The van der Waals surface area contributed by atoms with E-state index in [0.29, 0.717) is 18.0 Å². The Hall–Kier alpha value is -2.97. The number of hydrogen-bond acceptors (Lipinski definition) is 4. The lowest BCUT2D eigenvalue weighted by Gasteiger charge is -2.11. The summed E-state index contributed by atoms with van der Waals surface area (Å²) in [6, 6.07) is 4.55. The second-order valence-electron chi connectivity index (χ2n) is 7.34. The van der Waals surface area contributed by atoms with E-state index in [1.165, 1.54) is 6.07 Å². The summed E-state index contributed by atoms with van der Waals surface area (Å²) < 4.78 is 40.1. The van der Waals surface area contributed by atoms with Crippen LogP contribution in [0.4, 0.5) is 13.2 Å². The number of halogens is 3. The number of rotatable bonds is 3. The maximum absolute atomic E-state index is 12.7. The van der Waals surface area contributed by atoms with Gasteiger partial charge in [0.15, 0.2) is 11.3 Å². The number of H-pyrrole nitrogens is 1. The lowest BCUT2D eigenvalue weighted by molar-refractivity contribution is -0.137. The van der Waals surface area contributed by atoms with E-state index in [0.717, 1.165) is 54.2 Å². The molecule has 0 amide bonds. The van der Waals surface area contributed by atoms with Crippen LogP contribution in [-0.2, 0) is 12.6 Å². The molecule has 144 valence electrons. The molecule has 4 heterocycles. The van der Waals surface area contributed by atoms with Crippen molar-refractivity contribution >= 4 is 16.8 Å². The van der Waals surface area contributed by atoms with Gasteiger partial charge in [0.2, 0.25) is 0 Å². The molecule has 1 saturated carbocycles. The van der Waals surface area contributed by atoms with Gasteiger partial charge in [-0.05, 0) is 49.8 Å². The van der Waals surface area contributed by atoms with E-state index in [1.807, 2.05) is 16.7 Å². The minimum atomic E-state index is -4.35. The fraction of sp³-hybridized carbons (Fsp3) is 0.368. The summed E-state index contributed by atoms with van der Waals surface area (Å²) in [6.07, 6.45) is 3.66. The third kappa shape index (κ3) is 2.90. The molecule has 6 nitrogen and oxygen atoms in total. The molecular formula is C19H17F3N6. The zero-order valence-corrected chi connectivity index (χ0v) is 14.8. The highest BCUT2D eigenvalue weighted by Crippen LogP contribution is 2.39. The minimum Gasteiger partial charge on any atom is -0.345 e. The summed E-state index contributed by atoms with van der Waals surface area (Å²) in [5.41, 5.74) is 2.44. The summed E-state index contributed by atoms with van der Waals surface area (Å²) in [5.74, 6) is 1.55. The van der Waals surface area contributed by atoms with E-state index in [9.17, 15) is 13.2 Å². The quantitative estimate of drug-likeness (QED) is 0.574. The van der Waals surface area contributed by atoms with Crippen LogP contribution in [0.5, 0.6) is 0 Å². The normalized spacial score (nSPS) is 20.4. The van der Waals surface area contributed by atoms with Gasteiger partial charge in [0.1, 0.15) is 5.82 Å². The topological polar surface area (TPSA) is 71.8 Å². The Morgan fingerprint density at radius 3 is 2.75 bits per heavy atom. The van der Waals surface area contributed by atoms with Crippen molar-refractivity contribution < 1.29 is 13.2 Å². The van der Waals surface area contributed by atoms with Gasteiger partial charge in [0.05, 0.1) is 17.3 Å². The summed E-state index contributed by atoms with van der Waals surface area (Å²) >= 11 is 0. The summed E-state index contributed by atoms with van der Waals surface area (Å²) in [7, 11) is 0. The van der Waals surface area contributed by atoms with E-state index >= 15 is 0 Å². The average Bonchev–Trinajstić information content (AvgIpc) is 3.39. The van der Waals surface area contributed by atoms with Gasteiger partial charge in [-0.2, -0.15) is 13.2 Å². The lowest BCUT2D eigenvalue weighted by atomic mass is 9.99. The van der Waals surface area contributed by atoms with Crippen molar-refractivity contribution in [3.8, 4) is 0 Å². The van der Waals surface area contributed by atoms with Crippen LogP contribution >= 0.6 is 0 Å². The molecule has 0 bridgehead atoms. The first kappa shape index (κ1) is 17.2. The predicted molar refractivity (Wildman–Crippen MR) is 95.7 cm³/mol. The predicted octanol–water partition coefficient (Wildman–Crippen LogP) is 4.15. The molecule has 0 radical (unpaired) electrons. The van der Waals surface area contributed by atoms with Gasteiger partial charge in [-0.1, -0.05) is 0 Å². The fourth-order valence-electron chi connectivity index (χ4n) is 4.17. The molecule has 0 unspecified atom stereocenters. The highest BCUT2D eigenvalue weighted by Gasteiger charge is 2.32. The Morgan fingerprint density at radius 1 is 1.07 bits per heavy atom. The zero-order chi connectivity index (χ0) is 19.3. The second-order valence-corrected chi connectivity index (χ2v) is 7.34. The van der Waals surface area contributed by atoms with Gasteiger partial charge < -0.3 is 4.98 Å². The largest absolute Gasteiger partial charge is 0.417 e. The molecule has 2 atom stereocenters. The van der Waals surface area contributed by atoms with Gasteiger partial charge >= 0.3 is 6.18 Å². The maximum Gasteiger partial charge on any atom is 0.417 e. The third-order valence-electron chi connectivity index (χ3n) is 5.52. The molecule has 1 N–H and O–H groups in total. The van der Waals surface area contributed by atoms with Crippen molar-refractivity contribution in [2.75, 3.05) is 0 Å². The number of hydrogen-bond donors (Lipinski definition) is 1. The standard InChI is InChI=1S/C19H17F3N6/c20-19(21,22)13-3-4-14(24-9-13)8-11-1-2-12(7-11)18-27-26-16-10-25-17-15(28(16)18)5-6-23-17/h3-6,9-12,23H,1-2,7-8H2/t11-,12+/m0/s1. The molecule has 0 aromatic carbocycles. The van der Waals surface area contributed by atoms with Crippen LogP contribution in [0, 0.1) is 5.92 Å². The van der Waals surface area contributed by atoms with E-state index in [2.05, 4.69) is 25.1 Å². The van der Waals surface area contributed by atoms with Crippen molar-refractivity contribution in [1.29, 1.82) is 0 Å². The molecule has 1 aliphatic carbocycles. The molecule has 4 aromatic rings. The highest BCUT2D eigenvalue weighted by atomic mass is 19.4. The van der Waals surface area contributed by atoms with Gasteiger partial charge in [-0.25, -0.2) is 4.98 Å². The number of alkyl halides is 3. The van der Waals surface area contributed by atoms with Crippen molar-refractivity contribution in [2.24, 2.45) is 5.92 Å². The minimum absolute atomic E-state index is 0.259. The lowest BCUT2D eigenvalue weighted by Crippen LogP contribution is -2.08. The Kier molecular flexibility index (Phi) is 3.85. The second kappa shape index (κ2) is 6.29. The van der Waals surface area contributed by atoms with Crippen LogP contribution in [0.1, 0.15) is 42.3 Å². The van der Waals surface area contributed by atoms with E-state index in [4.69, 9.17) is 0 Å². The monoisotopic (exact) mass is 386 g/mol. The first-order valence-corrected chi connectivity index (χ1v) is 9.18. The number of nitrogens with one attached hydrogen (secondary N) is 1. The molecule has 28 heavy (non-hydrogen) atoms. The first-order chi connectivity index (χ1) is 13.5. The van der Waals surface area contributed by atoms with Crippen LogP contribution in [0.3, 0.4) is 0 Å². The molecule has 0 aliphatic heterocycles. The van der Waals surface area contributed by atoms with Gasteiger partial charge in [0.25, 0.3) is 0 Å². The molecule has 0 saturated heterocycles. The Bertz CT molecular complexity index is 1130. The van der Waals surface area contributed by atoms with Crippen molar-refractivity contribution in [3.05, 3.63) is 53.9 Å². The number of aromatic nitrogens is 6. The zero-order valence-electron chi connectivity index (χ0n) is 14.8. The summed E-state index contributed by atoms with van der Waals surface area (Å²) in [6.45, 7) is 0. The van der Waals surface area contributed by atoms with Crippen LogP contribution in [0.2, 0.25) is 0 Å². The smallest absolute Gasteiger partial charge is 0.345 e. The summed E-state index contributed by atoms with van der Waals surface area (Å²) in [4.78, 5) is 11.5. The van der Waals surface area contributed by atoms with Crippen LogP contribution in [-0.4, -0.2) is 29.5 Å². The molecule has 1 fully saturated rings. The molecule has 5 rings (SSSR count). The summed E-state index contributed by atoms with van der Waals surface area (Å²) in [5, 5.41) is 8.66. The van der Waals surface area contributed by atoms with Gasteiger partial charge in [0, 0.05) is 24.0 Å². The van der Waals surface area contributed by atoms with Crippen molar-refractivity contribution in [1.82, 2.24) is 29.5 Å².